The number of carboxylic acid groups (broad SMARTS) is 1. The fraction of sp³-hybridized carbons (Fsp3) is 0.562. The van der Waals surface area contributed by atoms with Gasteiger partial charge in [0.15, 0.2) is 0 Å². The number of benzene rings is 1. The SMILES string of the molecule is O=C(O)C1(CCCCCF)CCCc2ccccc21. The van der Waals surface area contributed by atoms with E-state index in [2.05, 4.69) is 0 Å². The topological polar surface area (TPSA) is 37.3 Å². The predicted octanol–water partition coefficient (Wildman–Crippen LogP) is 3.88. The van der Waals surface area contributed by atoms with Crippen molar-refractivity contribution >= 4 is 5.97 Å². The first-order chi connectivity index (χ1) is 9.20. The van der Waals surface area contributed by atoms with Gasteiger partial charge in [0.05, 0.1) is 12.1 Å². The summed E-state index contributed by atoms with van der Waals surface area (Å²) in [7, 11) is 0. The lowest BCUT2D eigenvalue weighted by atomic mass is 9.67. The first kappa shape index (κ1) is 14.0. The third-order valence-corrected chi connectivity index (χ3v) is 4.23. The van der Waals surface area contributed by atoms with Gasteiger partial charge >= 0.3 is 5.97 Å². The Morgan fingerprint density at radius 2 is 2.05 bits per heavy atom. The number of fused-ring (bicyclic) bond motifs is 1. The molecule has 1 aromatic carbocycles. The van der Waals surface area contributed by atoms with Gasteiger partial charge < -0.3 is 5.11 Å². The molecule has 104 valence electrons. The largest absolute Gasteiger partial charge is 0.481 e. The number of carboxylic acids is 1. The molecular formula is C16H21FO2. The number of hydrogen-bond donors (Lipinski definition) is 1. The number of aliphatic carboxylic acids is 1. The average molecular weight is 264 g/mol. The van der Waals surface area contributed by atoms with Gasteiger partial charge in [-0.15, -0.1) is 0 Å². The normalized spacial score (nSPS) is 21.9. The van der Waals surface area contributed by atoms with Crippen LogP contribution < -0.4 is 0 Å². The quantitative estimate of drug-likeness (QED) is 0.792. The van der Waals surface area contributed by atoms with Crippen molar-refractivity contribution in [2.75, 3.05) is 6.67 Å². The minimum absolute atomic E-state index is 0.309. The molecule has 1 unspecified atom stereocenters. The summed E-state index contributed by atoms with van der Waals surface area (Å²) in [6.07, 6.45) is 5.31. The molecule has 2 nitrogen and oxygen atoms in total. The summed E-state index contributed by atoms with van der Waals surface area (Å²) in [5.41, 5.74) is 1.40. The summed E-state index contributed by atoms with van der Waals surface area (Å²) in [5.74, 6) is -0.722. The van der Waals surface area contributed by atoms with E-state index in [0.717, 1.165) is 31.2 Å². The second kappa shape index (κ2) is 6.18. The summed E-state index contributed by atoms with van der Waals surface area (Å²) in [4.78, 5) is 11.8. The predicted molar refractivity (Wildman–Crippen MR) is 73.1 cm³/mol. The molecule has 1 N–H and O–H groups in total. The number of halogens is 1. The second-order valence-electron chi connectivity index (χ2n) is 5.40. The lowest BCUT2D eigenvalue weighted by molar-refractivity contribution is -0.145. The maximum Gasteiger partial charge on any atom is 0.314 e. The van der Waals surface area contributed by atoms with Crippen LogP contribution in [0.2, 0.25) is 0 Å². The van der Waals surface area contributed by atoms with Crippen LogP contribution in [0.4, 0.5) is 4.39 Å². The van der Waals surface area contributed by atoms with Gasteiger partial charge in [-0.25, -0.2) is 0 Å². The summed E-state index contributed by atoms with van der Waals surface area (Å²) in [6.45, 7) is -0.309. The summed E-state index contributed by atoms with van der Waals surface area (Å²) in [6, 6.07) is 7.88. The highest BCUT2D eigenvalue weighted by molar-refractivity contribution is 5.82. The Morgan fingerprint density at radius 1 is 1.26 bits per heavy atom. The Morgan fingerprint density at radius 3 is 2.79 bits per heavy atom. The summed E-state index contributed by atoms with van der Waals surface area (Å²) < 4.78 is 12.1. The molecule has 0 aliphatic heterocycles. The fourth-order valence-electron chi connectivity index (χ4n) is 3.21. The van der Waals surface area contributed by atoms with Crippen molar-refractivity contribution in [3.63, 3.8) is 0 Å². The van der Waals surface area contributed by atoms with Crippen molar-refractivity contribution < 1.29 is 14.3 Å². The number of rotatable bonds is 6. The van der Waals surface area contributed by atoms with Gasteiger partial charge in [-0.3, -0.25) is 9.18 Å². The van der Waals surface area contributed by atoms with Crippen molar-refractivity contribution in [3.8, 4) is 0 Å². The highest BCUT2D eigenvalue weighted by Gasteiger charge is 2.42. The molecule has 1 aliphatic carbocycles. The lowest BCUT2D eigenvalue weighted by Crippen LogP contribution is -2.39. The first-order valence-corrected chi connectivity index (χ1v) is 7.08. The number of alkyl halides is 1. The Bertz CT molecular complexity index is 444. The van der Waals surface area contributed by atoms with Crippen molar-refractivity contribution in [2.24, 2.45) is 0 Å². The summed E-state index contributed by atoms with van der Waals surface area (Å²) >= 11 is 0. The first-order valence-electron chi connectivity index (χ1n) is 7.08. The average Bonchev–Trinajstić information content (AvgIpc) is 2.43. The molecule has 1 aliphatic rings. The maximum atomic E-state index is 12.1. The molecule has 0 aromatic heterocycles. The van der Waals surface area contributed by atoms with Crippen LogP contribution in [0, 0.1) is 0 Å². The van der Waals surface area contributed by atoms with Crippen molar-refractivity contribution in [1.29, 1.82) is 0 Å². The summed E-state index contributed by atoms with van der Waals surface area (Å²) in [5, 5.41) is 9.72. The van der Waals surface area contributed by atoms with Crippen LogP contribution in [0.3, 0.4) is 0 Å². The smallest absolute Gasteiger partial charge is 0.314 e. The van der Waals surface area contributed by atoms with E-state index >= 15 is 0 Å². The highest BCUT2D eigenvalue weighted by atomic mass is 19.1. The van der Waals surface area contributed by atoms with Crippen molar-refractivity contribution in [3.05, 3.63) is 35.4 Å². The van der Waals surface area contributed by atoms with Gasteiger partial charge in [-0.2, -0.15) is 0 Å². The zero-order valence-corrected chi connectivity index (χ0v) is 11.2. The Labute approximate surface area is 113 Å². The number of hydrogen-bond acceptors (Lipinski definition) is 1. The number of unbranched alkanes of at least 4 members (excludes halogenated alkanes) is 2. The van der Waals surface area contributed by atoms with Crippen LogP contribution in [0.25, 0.3) is 0 Å². The van der Waals surface area contributed by atoms with E-state index in [1.807, 2.05) is 24.3 Å². The van der Waals surface area contributed by atoms with Crippen LogP contribution in [0.1, 0.15) is 49.7 Å². The minimum atomic E-state index is -0.745. The molecule has 0 saturated carbocycles. The van der Waals surface area contributed by atoms with E-state index < -0.39 is 11.4 Å². The molecule has 0 heterocycles. The monoisotopic (exact) mass is 264 g/mol. The van der Waals surface area contributed by atoms with E-state index in [0.29, 0.717) is 19.3 Å². The van der Waals surface area contributed by atoms with Gasteiger partial charge in [0.25, 0.3) is 0 Å². The van der Waals surface area contributed by atoms with E-state index in [9.17, 15) is 14.3 Å². The van der Waals surface area contributed by atoms with E-state index in [4.69, 9.17) is 0 Å². The van der Waals surface area contributed by atoms with Crippen LogP contribution in [0.15, 0.2) is 24.3 Å². The zero-order chi connectivity index (χ0) is 13.7. The molecule has 0 bridgehead atoms. The van der Waals surface area contributed by atoms with Crippen LogP contribution >= 0.6 is 0 Å². The van der Waals surface area contributed by atoms with Crippen molar-refractivity contribution in [2.45, 2.75) is 50.4 Å². The van der Waals surface area contributed by atoms with Gasteiger partial charge in [-0.1, -0.05) is 37.1 Å². The number of carbonyl (C=O) groups is 1. The molecule has 3 heteroatoms. The van der Waals surface area contributed by atoms with E-state index in [1.54, 1.807) is 0 Å². The van der Waals surface area contributed by atoms with Gasteiger partial charge in [-0.05, 0) is 43.2 Å². The third kappa shape index (κ3) is 2.80. The molecule has 0 radical (unpaired) electrons. The molecule has 1 atom stereocenters. The minimum Gasteiger partial charge on any atom is -0.481 e. The molecule has 19 heavy (non-hydrogen) atoms. The Balaban J connectivity index is 2.23. The van der Waals surface area contributed by atoms with Gasteiger partial charge in [0.1, 0.15) is 0 Å². The molecule has 0 spiro atoms. The van der Waals surface area contributed by atoms with Crippen LogP contribution in [-0.2, 0) is 16.6 Å². The van der Waals surface area contributed by atoms with Crippen LogP contribution in [-0.4, -0.2) is 17.8 Å². The maximum absolute atomic E-state index is 12.1. The molecule has 1 aromatic rings. The molecule has 0 fully saturated rings. The molecule has 2 rings (SSSR count). The van der Waals surface area contributed by atoms with Gasteiger partial charge in [0, 0.05) is 0 Å². The Hall–Kier alpha value is -1.38. The standard InChI is InChI=1S/C16H21FO2/c17-12-5-1-4-10-16(15(18)19)11-6-8-13-7-2-3-9-14(13)16/h2-3,7,9H,1,4-6,8,10-12H2,(H,18,19). The fourth-order valence-corrected chi connectivity index (χ4v) is 3.21. The third-order valence-electron chi connectivity index (χ3n) is 4.23. The molecule has 0 amide bonds. The number of aryl methyl sites for hydroxylation is 1. The zero-order valence-electron chi connectivity index (χ0n) is 11.2. The van der Waals surface area contributed by atoms with Gasteiger partial charge in [0.2, 0.25) is 0 Å². The lowest BCUT2D eigenvalue weighted by Gasteiger charge is -2.35. The molecular weight excluding hydrogens is 243 g/mol. The highest BCUT2D eigenvalue weighted by Crippen LogP contribution is 2.41. The Kier molecular flexibility index (Phi) is 4.56. The van der Waals surface area contributed by atoms with E-state index in [-0.39, 0.29) is 6.67 Å². The van der Waals surface area contributed by atoms with E-state index in [1.165, 1.54) is 5.56 Å². The molecule has 0 saturated heterocycles. The van der Waals surface area contributed by atoms with Crippen LogP contribution in [0.5, 0.6) is 0 Å². The van der Waals surface area contributed by atoms with Crippen molar-refractivity contribution in [1.82, 2.24) is 0 Å². The second-order valence-corrected chi connectivity index (χ2v) is 5.40.